The lowest BCUT2D eigenvalue weighted by atomic mass is 10.1. The van der Waals surface area contributed by atoms with Crippen LogP contribution in [-0.4, -0.2) is 39.6 Å². The molecule has 1 unspecified atom stereocenters. The molecule has 0 saturated heterocycles. The van der Waals surface area contributed by atoms with Crippen LogP contribution in [-0.2, 0) is 14.8 Å². The first kappa shape index (κ1) is 16.5. The van der Waals surface area contributed by atoms with E-state index in [9.17, 15) is 13.2 Å². The molecule has 0 spiro atoms. The molecule has 112 valence electrons. The Morgan fingerprint density at radius 2 is 1.70 bits per heavy atom. The molecule has 0 heterocycles. The van der Waals surface area contributed by atoms with E-state index in [0.717, 1.165) is 5.69 Å². The summed E-state index contributed by atoms with van der Waals surface area (Å²) in [5.74, 6) is -1.53. The summed E-state index contributed by atoms with van der Waals surface area (Å²) in [7, 11) is -0.145. The second-order valence-electron chi connectivity index (χ2n) is 5.07. The third-order valence-electron chi connectivity index (χ3n) is 2.88. The first-order valence-electron chi connectivity index (χ1n) is 6.17. The average Bonchev–Trinajstić information content (AvgIpc) is 2.35. The Morgan fingerprint density at radius 1 is 1.20 bits per heavy atom. The number of carboxylic acid groups (broad SMARTS) is 1. The lowest BCUT2D eigenvalue weighted by Crippen LogP contribution is -2.44. The molecule has 0 bridgehead atoms. The van der Waals surface area contributed by atoms with E-state index in [0.29, 0.717) is 0 Å². The van der Waals surface area contributed by atoms with E-state index in [1.54, 1.807) is 26.0 Å². The molecule has 1 aromatic rings. The van der Waals surface area contributed by atoms with Gasteiger partial charge in [0.1, 0.15) is 6.04 Å². The molecule has 0 saturated carbocycles. The standard InChI is InChI=1S/C13H20N2O4S/c1-9(2)12(13(16)17)14-20(18,19)11-7-5-10(6-8-11)15(3)4/h5-9,12,14H,1-4H3,(H,16,17). The highest BCUT2D eigenvalue weighted by atomic mass is 32.2. The molecule has 6 nitrogen and oxygen atoms in total. The molecular weight excluding hydrogens is 280 g/mol. The summed E-state index contributed by atoms with van der Waals surface area (Å²) in [5, 5.41) is 9.04. The Morgan fingerprint density at radius 3 is 2.05 bits per heavy atom. The van der Waals surface area contributed by atoms with Gasteiger partial charge in [0.05, 0.1) is 4.90 Å². The summed E-state index contributed by atoms with van der Waals surface area (Å²) >= 11 is 0. The van der Waals surface area contributed by atoms with Gasteiger partial charge in [0, 0.05) is 19.8 Å². The zero-order valence-corrected chi connectivity index (χ0v) is 12.8. The quantitative estimate of drug-likeness (QED) is 0.822. The molecule has 1 atom stereocenters. The fraction of sp³-hybridized carbons (Fsp3) is 0.462. The van der Waals surface area contributed by atoms with E-state index in [4.69, 9.17) is 5.11 Å². The van der Waals surface area contributed by atoms with Crippen LogP contribution in [0.1, 0.15) is 13.8 Å². The molecule has 20 heavy (non-hydrogen) atoms. The van der Waals surface area contributed by atoms with Crippen LogP contribution >= 0.6 is 0 Å². The molecule has 1 rings (SSSR count). The molecule has 0 aliphatic carbocycles. The first-order chi connectivity index (χ1) is 9.15. The van der Waals surface area contributed by atoms with Crippen molar-refractivity contribution in [2.45, 2.75) is 24.8 Å². The zero-order valence-electron chi connectivity index (χ0n) is 12.0. The smallest absolute Gasteiger partial charge is 0.322 e. The molecule has 0 radical (unpaired) electrons. The predicted molar refractivity (Wildman–Crippen MR) is 77.4 cm³/mol. The Balaban J connectivity index is 3.01. The van der Waals surface area contributed by atoms with Crippen LogP contribution in [0.5, 0.6) is 0 Å². The number of sulfonamides is 1. The van der Waals surface area contributed by atoms with Gasteiger partial charge in [-0.25, -0.2) is 8.42 Å². The third-order valence-corrected chi connectivity index (χ3v) is 4.34. The Kier molecular flexibility index (Phi) is 5.13. The van der Waals surface area contributed by atoms with E-state index >= 15 is 0 Å². The summed E-state index contributed by atoms with van der Waals surface area (Å²) in [5.41, 5.74) is 0.864. The molecule has 0 aromatic heterocycles. The number of nitrogens with zero attached hydrogens (tertiary/aromatic N) is 1. The summed E-state index contributed by atoms with van der Waals surface area (Å²) in [4.78, 5) is 13.0. The lowest BCUT2D eigenvalue weighted by Gasteiger charge is -2.18. The highest BCUT2D eigenvalue weighted by molar-refractivity contribution is 7.89. The Bertz CT molecular complexity index is 565. The molecule has 2 N–H and O–H groups in total. The van der Waals surface area contributed by atoms with Crippen molar-refractivity contribution in [3.8, 4) is 0 Å². The molecule has 0 amide bonds. The van der Waals surface area contributed by atoms with Crippen molar-refractivity contribution in [3.05, 3.63) is 24.3 Å². The number of nitrogens with one attached hydrogen (secondary N) is 1. The van der Waals surface area contributed by atoms with Crippen molar-refractivity contribution in [1.82, 2.24) is 4.72 Å². The van der Waals surface area contributed by atoms with Crippen LogP contribution in [0.3, 0.4) is 0 Å². The number of benzene rings is 1. The SMILES string of the molecule is CC(C)C(NS(=O)(=O)c1ccc(N(C)C)cc1)C(=O)O. The van der Waals surface area contributed by atoms with E-state index < -0.39 is 22.0 Å². The molecule has 0 aliphatic heterocycles. The van der Waals surface area contributed by atoms with Gasteiger partial charge in [-0.3, -0.25) is 4.79 Å². The number of hydrogen-bond acceptors (Lipinski definition) is 4. The second-order valence-corrected chi connectivity index (χ2v) is 6.78. The topological polar surface area (TPSA) is 86.7 Å². The molecule has 7 heteroatoms. The number of carbonyl (C=O) groups is 1. The third kappa shape index (κ3) is 3.94. The normalized spacial score (nSPS) is 13.2. The zero-order chi connectivity index (χ0) is 15.5. The molecule has 1 aromatic carbocycles. The highest BCUT2D eigenvalue weighted by Crippen LogP contribution is 2.17. The van der Waals surface area contributed by atoms with Gasteiger partial charge in [0.15, 0.2) is 0 Å². The van der Waals surface area contributed by atoms with Crippen LogP contribution in [0.15, 0.2) is 29.2 Å². The molecule has 0 fully saturated rings. The fourth-order valence-electron chi connectivity index (χ4n) is 1.63. The van der Waals surface area contributed by atoms with Crippen molar-refractivity contribution >= 4 is 21.7 Å². The van der Waals surface area contributed by atoms with Crippen molar-refractivity contribution in [2.75, 3.05) is 19.0 Å². The van der Waals surface area contributed by atoms with Gasteiger partial charge in [0.2, 0.25) is 10.0 Å². The van der Waals surface area contributed by atoms with Crippen LogP contribution < -0.4 is 9.62 Å². The minimum Gasteiger partial charge on any atom is -0.480 e. The van der Waals surface area contributed by atoms with Gasteiger partial charge in [-0.05, 0) is 30.2 Å². The lowest BCUT2D eigenvalue weighted by molar-refractivity contribution is -0.140. The maximum absolute atomic E-state index is 12.1. The van der Waals surface area contributed by atoms with E-state index in [-0.39, 0.29) is 10.8 Å². The predicted octanol–water partition coefficient (Wildman–Crippen LogP) is 1.14. The van der Waals surface area contributed by atoms with E-state index in [1.807, 2.05) is 19.0 Å². The van der Waals surface area contributed by atoms with Gasteiger partial charge >= 0.3 is 5.97 Å². The molecule has 0 aliphatic rings. The van der Waals surface area contributed by atoms with Gasteiger partial charge in [-0.15, -0.1) is 0 Å². The summed E-state index contributed by atoms with van der Waals surface area (Å²) < 4.78 is 26.5. The number of rotatable bonds is 6. The molecular formula is C13H20N2O4S. The van der Waals surface area contributed by atoms with Crippen molar-refractivity contribution in [2.24, 2.45) is 5.92 Å². The van der Waals surface area contributed by atoms with Crippen molar-refractivity contribution in [1.29, 1.82) is 0 Å². The number of anilines is 1. The van der Waals surface area contributed by atoms with Crippen molar-refractivity contribution in [3.63, 3.8) is 0 Å². The van der Waals surface area contributed by atoms with Crippen molar-refractivity contribution < 1.29 is 18.3 Å². The monoisotopic (exact) mass is 300 g/mol. The maximum atomic E-state index is 12.1. The second kappa shape index (κ2) is 6.23. The van der Waals surface area contributed by atoms with E-state index in [1.165, 1.54) is 12.1 Å². The summed E-state index contributed by atoms with van der Waals surface area (Å²) in [6.07, 6.45) is 0. The first-order valence-corrected chi connectivity index (χ1v) is 7.66. The number of hydrogen-bond donors (Lipinski definition) is 2. The Hall–Kier alpha value is -1.60. The summed E-state index contributed by atoms with van der Waals surface area (Å²) in [6.45, 7) is 3.30. The fourth-order valence-corrected chi connectivity index (χ4v) is 2.97. The van der Waals surface area contributed by atoms with Crippen LogP contribution in [0.4, 0.5) is 5.69 Å². The van der Waals surface area contributed by atoms with Gasteiger partial charge < -0.3 is 10.0 Å². The largest absolute Gasteiger partial charge is 0.480 e. The minimum atomic E-state index is -3.84. The number of aliphatic carboxylic acids is 1. The number of carboxylic acids is 1. The van der Waals surface area contributed by atoms with Gasteiger partial charge in [-0.2, -0.15) is 4.72 Å². The van der Waals surface area contributed by atoms with Gasteiger partial charge in [-0.1, -0.05) is 13.8 Å². The van der Waals surface area contributed by atoms with Crippen LogP contribution in [0.2, 0.25) is 0 Å². The van der Waals surface area contributed by atoms with Gasteiger partial charge in [0.25, 0.3) is 0 Å². The minimum absolute atomic E-state index is 0.0509. The van der Waals surface area contributed by atoms with Crippen LogP contribution in [0.25, 0.3) is 0 Å². The highest BCUT2D eigenvalue weighted by Gasteiger charge is 2.27. The summed E-state index contributed by atoms with van der Waals surface area (Å²) in [6, 6.07) is 5.10. The van der Waals surface area contributed by atoms with E-state index in [2.05, 4.69) is 4.72 Å². The van der Waals surface area contributed by atoms with Crippen LogP contribution in [0, 0.1) is 5.92 Å². The Labute approximate surface area is 119 Å². The average molecular weight is 300 g/mol. The maximum Gasteiger partial charge on any atom is 0.322 e.